The van der Waals surface area contributed by atoms with Crippen LogP contribution < -0.4 is 10.1 Å². The molecule has 3 atom stereocenters. The fourth-order valence-corrected chi connectivity index (χ4v) is 2.57. The molecule has 0 aliphatic heterocycles. The van der Waals surface area contributed by atoms with Crippen LogP contribution in [-0.4, -0.2) is 29.1 Å². The highest BCUT2D eigenvalue weighted by Gasteiger charge is 2.48. The number of rotatable bonds is 8. The van der Waals surface area contributed by atoms with E-state index in [-0.39, 0.29) is 24.0 Å². The molecule has 1 aromatic rings. The molecule has 1 aliphatic rings. The Kier molecular flexibility index (Phi) is 5.64. The Morgan fingerprint density at radius 2 is 1.87 bits per heavy atom. The number of benzene rings is 1. The first-order valence-corrected chi connectivity index (χ1v) is 8.15. The number of ether oxygens (including phenoxy) is 1. The summed E-state index contributed by atoms with van der Waals surface area (Å²) in [6.45, 7) is 5.94. The highest BCUT2D eigenvalue weighted by molar-refractivity contribution is 5.89. The Labute approximate surface area is 137 Å². The van der Waals surface area contributed by atoms with Crippen molar-refractivity contribution >= 4 is 11.9 Å². The van der Waals surface area contributed by atoms with Crippen molar-refractivity contribution in [1.82, 2.24) is 5.32 Å². The van der Waals surface area contributed by atoms with Crippen LogP contribution in [0.5, 0.6) is 5.75 Å². The first-order chi connectivity index (χ1) is 10.9. The molecule has 5 nitrogen and oxygen atoms in total. The topological polar surface area (TPSA) is 75.6 Å². The summed E-state index contributed by atoms with van der Waals surface area (Å²) in [5, 5.41) is 11.8. The van der Waals surface area contributed by atoms with Crippen molar-refractivity contribution < 1.29 is 19.4 Å². The third-order valence-electron chi connectivity index (χ3n) is 3.99. The average Bonchev–Trinajstić information content (AvgIpc) is 3.26. The smallest absolute Gasteiger partial charge is 0.307 e. The molecule has 3 unspecified atom stereocenters. The number of carboxylic acids is 1. The number of amides is 1. The Morgan fingerprint density at radius 1 is 1.22 bits per heavy atom. The van der Waals surface area contributed by atoms with Gasteiger partial charge in [0.05, 0.1) is 17.9 Å². The molecular formula is C18H25NO4. The van der Waals surface area contributed by atoms with Gasteiger partial charge in [-0.1, -0.05) is 12.1 Å². The molecule has 0 radical (unpaired) electrons. The number of hydrogen-bond donors (Lipinski definition) is 2. The zero-order chi connectivity index (χ0) is 17.0. The van der Waals surface area contributed by atoms with Crippen molar-refractivity contribution in [3.63, 3.8) is 0 Å². The number of aliphatic carboxylic acids is 1. The second-order valence-corrected chi connectivity index (χ2v) is 6.55. The molecule has 0 aromatic heterocycles. The second kappa shape index (κ2) is 7.49. The van der Waals surface area contributed by atoms with Crippen molar-refractivity contribution in [2.45, 2.75) is 52.2 Å². The van der Waals surface area contributed by atoms with Gasteiger partial charge in [-0.3, -0.25) is 9.59 Å². The molecule has 1 saturated carbocycles. The summed E-state index contributed by atoms with van der Waals surface area (Å²) in [5.41, 5.74) is 1.19. The van der Waals surface area contributed by atoms with Gasteiger partial charge in [0.15, 0.2) is 0 Å². The Bertz CT molecular complexity index is 553. The van der Waals surface area contributed by atoms with Gasteiger partial charge < -0.3 is 15.2 Å². The van der Waals surface area contributed by atoms with Gasteiger partial charge in [0.1, 0.15) is 5.75 Å². The van der Waals surface area contributed by atoms with E-state index >= 15 is 0 Å². The largest absolute Gasteiger partial charge is 0.491 e. The SMILES string of the molecule is CC(CCc1ccc(OC(C)C)cc1)NC(=O)C1CC1C(=O)O. The maximum absolute atomic E-state index is 11.9. The quantitative estimate of drug-likeness (QED) is 0.772. The van der Waals surface area contributed by atoms with E-state index in [9.17, 15) is 9.59 Å². The van der Waals surface area contributed by atoms with Gasteiger partial charge in [-0.2, -0.15) is 0 Å². The molecule has 1 aliphatic carbocycles. The number of carbonyl (C=O) groups is 2. The van der Waals surface area contributed by atoms with Gasteiger partial charge >= 0.3 is 5.97 Å². The van der Waals surface area contributed by atoms with Crippen LogP contribution in [0.2, 0.25) is 0 Å². The number of aryl methyl sites for hydroxylation is 1. The predicted molar refractivity (Wildman–Crippen MR) is 87.4 cm³/mol. The number of nitrogens with one attached hydrogen (secondary N) is 1. The highest BCUT2D eigenvalue weighted by atomic mass is 16.5. The third kappa shape index (κ3) is 5.27. The van der Waals surface area contributed by atoms with E-state index in [4.69, 9.17) is 9.84 Å². The van der Waals surface area contributed by atoms with Crippen molar-refractivity contribution in [2.24, 2.45) is 11.8 Å². The minimum absolute atomic E-state index is 0.0316. The maximum Gasteiger partial charge on any atom is 0.307 e. The summed E-state index contributed by atoms with van der Waals surface area (Å²) in [6.07, 6.45) is 2.30. The molecule has 2 rings (SSSR count). The molecule has 1 amide bonds. The third-order valence-corrected chi connectivity index (χ3v) is 3.99. The summed E-state index contributed by atoms with van der Waals surface area (Å²) >= 11 is 0. The Balaban J connectivity index is 1.73. The monoisotopic (exact) mass is 319 g/mol. The summed E-state index contributed by atoms with van der Waals surface area (Å²) in [5.74, 6) is -0.983. The van der Waals surface area contributed by atoms with Crippen LogP contribution in [0.3, 0.4) is 0 Å². The minimum atomic E-state index is -0.874. The summed E-state index contributed by atoms with van der Waals surface area (Å²) < 4.78 is 5.61. The molecule has 23 heavy (non-hydrogen) atoms. The van der Waals surface area contributed by atoms with Crippen LogP contribution >= 0.6 is 0 Å². The fourth-order valence-electron chi connectivity index (χ4n) is 2.57. The molecule has 1 aromatic carbocycles. The number of carbonyl (C=O) groups excluding carboxylic acids is 1. The van der Waals surface area contributed by atoms with Gasteiger partial charge in [0, 0.05) is 6.04 Å². The van der Waals surface area contributed by atoms with Gasteiger partial charge in [0.2, 0.25) is 5.91 Å². The molecule has 1 fully saturated rings. The van der Waals surface area contributed by atoms with Crippen LogP contribution in [-0.2, 0) is 16.0 Å². The van der Waals surface area contributed by atoms with Crippen LogP contribution in [0.25, 0.3) is 0 Å². The van der Waals surface area contributed by atoms with E-state index in [1.54, 1.807) is 0 Å². The first kappa shape index (κ1) is 17.3. The van der Waals surface area contributed by atoms with Crippen LogP contribution in [0.4, 0.5) is 0 Å². The van der Waals surface area contributed by atoms with E-state index in [1.807, 2.05) is 45.0 Å². The van der Waals surface area contributed by atoms with Crippen molar-refractivity contribution in [2.75, 3.05) is 0 Å². The summed E-state index contributed by atoms with van der Waals surface area (Å²) in [7, 11) is 0. The van der Waals surface area contributed by atoms with Crippen molar-refractivity contribution in [3.8, 4) is 5.75 Å². The predicted octanol–water partition coefficient (Wildman–Crippen LogP) is 2.63. The lowest BCUT2D eigenvalue weighted by Gasteiger charge is -2.14. The van der Waals surface area contributed by atoms with Crippen molar-refractivity contribution in [1.29, 1.82) is 0 Å². The molecule has 0 saturated heterocycles. The van der Waals surface area contributed by atoms with Crippen LogP contribution in [0.15, 0.2) is 24.3 Å². The molecule has 2 N–H and O–H groups in total. The molecule has 0 spiro atoms. The van der Waals surface area contributed by atoms with Crippen molar-refractivity contribution in [3.05, 3.63) is 29.8 Å². The number of carboxylic acid groups (broad SMARTS) is 1. The molecule has 0 heterocycles. The van der Waals surface area contributed by atoms with E-state index in [0.29, 0.717) is 6.42 Å². The zero-order valence-corrected chi connectivity index (χ0v) is 13.9. The lowest BCUT2D eigenvalue weighted by Crippen LogP contribution is -2.34. The zero-order valence-electron chi connectivity index (χ0n) is 13.9. The normalized spacial score (nSPS) is 20.9. The lowest BCUT2D eigenvalue weighted by molar-refractivity contribution is -0.140. The van der Waals surface area contributed by atoms with Gasteiger partial charge in [0.25, 0.3) is 0 Å². The molecule has 5 heteroatoms. The van der Waals surface area contributed by atoms with E-state index in [0.717, 1.165) is 18.6 Å². The van der Waals surface area contributed by atoms with E-state index in [2.05, 4.69) is 5.32 Å². The maximum atomic E-state index is 11.9. The fraction of sp³-hybridized carbons (Fsp3) is 0.556. The Hall–Kier alpha value is -2.04. The first-order valence-electron chi connectivity index (χ1n) is 8.15. The molecule has 0 bridgehead atoms. The van der Waals surface area contributed by atoms with Crippen LogP contribution in [0, 0.1) is 11.8 Å². The average molecular weight is 319 g/mol. The molecule has 126 valence electrons. The van der Waals surface area contributed by atoms with Crippen LogP contribution in [0.1, 0.15) is 39.2 Å². The lowest BCUT2D eigenvalue weighted by atomic mass is 10.1. The minimum Gasteiger partial charge on any atom is -0.491 e. The molecular weight excluding hydrogens is 294 g/mol. The second-order valence-electron chi connectivity index (χ2n) is 6.55. The van der Waals surface area contributed by atoms with E-state index < -0.39 is 11.9 Å². The van der Waals surface area contributed by atoms with E-state index in [1.165, 1.54) is 5.56 Å². The highest BCUT2D eigenvalue weighted by Crippen LogP contribution is 2.38. The summed E-state index contributed by atoms with van der Waals surface area (Å²) in [4.78, 5) is 22.7. The number of hydrogen-bond acceptors (Lipinski definition) is 3. The van der Waals surface area contributed by atoms with Gasteiger partial charge in [-0.25, -0.2) is 0 Å². The van der Waals surface area contributed by atoms with Gasteiger partial charge in [-0.05, 0) is 57.7 Å². The summed E-state index contributed by atoms with van der Waals surface area (Å²) in [6, 6.07) is 8.02. The Morgan fingerprint density at radius 3 is 2.39 bits per heavy atom. The van der Waals surface area contributed by atoms with Gasteiger partial charge in [-0.15, -0.1) is 0 Å². The standard InChI is InChI=1S/C18H25NO4/c1-11(2)23-14-8-6-13(7-9-14)5-4-12(3)19-17(20)15-10-16(15)18(21)22/h6-9,11-12,15-16H,4-5,10H2,1-3H3,(H,19,20)(H,21,22).